The number of allylic oxidation sites excluding steroid dienone is 8. The number of hydrogen-bond acceptors (Lipinski definition) is 0. The Hall–Kier alpha value is 0.423. The first-order valence-corrected chi connectivity index (χ1v) is 12.0. The third kappa shape index (κ3) is 6.22. The van der Waals surface area contributed by atoms with E-state index >= 15 is 0 Å². The third-order valence-electron chi connectivity index (χ3n) is 5.61. The minimum absolute atomic E-state index is 0. The van der Waals surface area contributed by atoms with Crippen LogP contribution in [-0.2, 0) is 23.2 Å². The van der Waals surface area contributed by atoms with Gasteiger partial charge in [-0.1, -0.05) is 0 Å². The largest absolute Gasteiger partial charge is 1.00 e. The Balaban J connectivity index is 0.00000288. The van der Waals surface area contributed by atoms with Crippen LogP contribution < -0.4 is 24.8 Å². The van der Waals surface area contributed by atoms with Gasteiger partial charge >= 0.3 is 156 Å². The van der Waals surface area contributed by atoms with Crippen LogP contribution in [0.4, 0.5) is 0 Å². The van der Waals surface area contributed by atoms with Crippen molar-refractivity contribution in [3.05, 3.63) is 40.0 Å². The van der Waals surface area contributed by atoms with Crippen LogP contribution in [0.15, 0.2) is 40.0 Å². The maximum atomic E-state index is 2.40. The molecule has 0 atom stereocenters. The summed E-state index contributed by atoms with van der Waals surface area (Å²) in [4.78, 5) is 0. The van der Waals surface area contributed by atoms with Gasteiger partial charge in [0.2, 0.25) is 0 Å². The van der Waals surface area contributed by atoms with Gasteiger partial charge in [-0.05, 0) is 0 Å². The second kappa shape index (κ2) is 12.0. The summed E-state index contributed by atoms with van der Waals surface area (Å²) < 4.78 is 3.72. The molecule has 0 saturated heterocycles. The Bertz CT molecular complexity index is 539. The summed E-state index contributed by atoms with van der Waals surface area (Å²) in [6.45, 7) is 14.2. The second-order valence-electron chi connectivity index (χ2n) is 7.45. The maximum Gasteiger partial charge on any atom is -1.00 e. The van der Waals surface area contributed by atoms with E-state index in [4.69, 9.17) is 0 Å². The first-order chi connectivity index (χ1) is 11.0. The van der Waals surface area contributed by atoms with Crippen molar-refractivity contribution in [2.45, 2.75) is 92.9 Å². The molecule has 25 heavy (non-hydrogen) atoms. The van der Waals surface area contributed by atoms with Crippen LogP contribution in [0.3, 0.4) is 0 Å². The molecule has 0 aliphatic heterocycles. The van der Waals surface area contributed by atoms with E-state index in [2.05, 4.69) is 41.5 Å². The quantitative estimate of drug-likeness (QED) is 0.514. The summed E-state index contributed by atoms with van der Waals surface area (Å²) in [5.74, 6) is 0. The van der Waals surface area contributed by atoms with E-state index in [1.54, 1.807) is 22.3 Å². The molecule has 2 rings (SSSR count). The first-order valence-electron chi connectivity index (χ1n) is 9.54. The zero-order chi connectivity index (χ0) is 17.0. The van der Waals surface area contributed by atoms with Crippen LogP contribution >= 0.6 is 0 Å². The molecule has 0 heterocycles. The fourth-order valence-electron chi connectivity index (χ4n) is 3.74. The second-order valence-corrected chi connectivity index (χ2v) is 10.5. The minimum Gasteiger partial charge on any atom is -1.00 e. The van der Waals surface area contributed by atoms with Gasteiger partial charge < -0.3 is 24.8 Å². The predicted octanol–water partition coefficient (Wildman–Crippen LogP) is 1.45. The average molecular weight is 461 g/mol. The topological polar surface area (TPSA) is 0 Å². The van der Waals surface area contributed by atoms with Gasteiger partial charge in [0.05, 0.1) is 0 Å². The molecule has 0 radical (unpaired) electrons. The molecular formula is C22H34Cl2Zr. The standard InChI is InChI=1S/2C11H17.2ClH.Zr/c2*1-4-5-6-11-7-9(2)10(3)8-11;;;/h2*4-7H2,1-3H3;2*1H;/q;;;;+2/p-2. The van der Waals surface area contributed by atoms with E-state index < -0.39 is 23.2 Å². The Morgan fingerprint density at radius 1 is 0.680 bits per heavy atom. The number of rotatable bonds is 8. The molecule has 0 unspecified atom stereocenters. The Morgan fingerprint density at radius 2 is 1.04 bits per heavy atom. The fourth-order valence-corrected chi connectivity index (χ4v) is 8.24. The van der Waals surface area contributed by atoms with Gasteiger partial charge in [0.25, 0.3) is 0 Å². The van der Waals surface area contributed by atoms with E-state index in [0.717, 1.165) is 0 Å². The van der Waals surface area contributed by atoms with Crippen molar-refractivity contribution in [1.82, 2.24) is 0 Å². The molecular weight excluding hydrogens is 426 g/mol. The molecule has 2 aliphatic carbocycles. The van der Waals surface area contributed by atoms with Gasteiger partial charge in [-0.15, -0.1) is 0 Å². The summed E-state index contributed by atoms with van der Waals surface area (Å²) in [6, 6.07) is 0. The van der Waals surface area contributed by atoms with Gasteiger partial charge in [0.15, 0.2) is 0 Å². The van der Waals surface area contributed by atoms with E-state index in [-0.39, 0.29) is 24.8 Å². The van der Waals surface area contributed by atoms with E-state index in [9.17, 15) is 0 Å². The zero-order valence-corrected chi connectivity index (χ0v) is 20.9. The van der Waals surface area contributed by atoms with Crippen LogP contribution in [0.5, 0.6) is 0 Å². The molecule has 140 valence electrons. The van der Waals surface area contributed by atoms with Crippen molar-refractivity contribution in [1.29, 1.82) is 0 Å². The van der Waals surface area contributed by atoms with Crippen LogP contribution in [0.2, 0.25) is 0 Å². The molecule has 2 aliphatic rings. The molecule has 0 aromatic rings. The van der Waals surface area contributed by atoms with Crippen molar-refractivity contribution >= 4 is 0 Å². The summed E-state index contributed by atoms with van der Waals surface area (Å²) in [5, 5.41) is 0. The minimum atomic E-state index is -0.638. The van der Waals surface area contributed by atoms with Crippen molar-refractivity contribution in [2.24, 2.45) is 0 Å². The monoisotopic (exact) mass is 458 g/mol. The zero-order valence-electron chi connectivity index (χ0n) is 16.9. The van der Waals surface area contributed by atoms with Gasteiger partial charge in [-0.3, -0.25) is 0 Å². The van der Waals surface area contributed by atoms with E-state index in [0.29, 0.717) is 0 Å². The van der Waals surface area contributed by atoms with Gasteiger partial charge in [-0.2, -0.15) is 0 Å². The number of halogens is 2. The van der Waals surface area contributed by atoms with Gasteiger partial charge in [-0.25, -0.2) is 0 Å². The number of unbranched alkanes of at least 4 members (excludes halogenated alkanes) is 2. The summed E-state index contributed by atoms with van der Waals surface area (Å²) in [6.07, 6.45) is 10.6. The maximum absolute atomic E-state index is 2.40. The Morgan fingerprint density at radius 3 is 1.36 bits per heavy atom. The van der Waals surface area contributed by atoms with Crippen LogP contribution in [0, 0.1) is 0 Å². The molecule has 3 heteroatoms. The predicted molar refractivity (Wildman–Crippen MR) is 99.1 cm³/mol. The summed E-state index contributed by atoms with van der Waals surface area (Å²) in [5.41, 5.74) is 10.3. The molecule has 0 aromatic carbocycles. The Labute approximate surface area is 180 Å². The molecule has 0 N–H and O–H groups in total. The third-order valence-corrected chi connectivity index (χ3v) is 10.4. The van der Waals surface area contributed by atoms with Crippen LogP contribution in [0.25, 0.3) is 0 Å². The fraction of sp³-hybridized carbons (Fsp3) is 0.636. The smallest absolute Gasteiger partial charge is 1.00 e. The van der Waals surface area contributed by atoms with E-state index in [1.165, 1.54) is 51.4 Å². The van der Waals surface area contributed by atoms with Crippen LogP contribution in [-0.4, -0.2) is 0 Å². The van der Waals surface area contributed by atoms with Crippen molar-refractivity contribution in [2.75, 3.05) is 0 Å². The van der Waals surface area contributed by atoms with E-state index in [1.807, 2.05) is 17.7 Å². The molecule has 0 bridgehead atoms. The summed E-state index contributed by atoms with van der Waals surface area (Å²) >= 11 is -0.638. The molecule has 0 spiro atoms. The van der Waals surface area contributed by atoms with Gasteiger partial charge in [0.1, 0.15) is 0 Å². The molecule has 0 fully saturated rings. The van der Waals surface area contributed by atoms with Gasteiger partial charge in [0, 0.05) is 0 Å². The molecule has 0 saturated carbocycles. The first kappa shape index (κ1) is 25.4. The molecule has 0 nitrogen and oxygen atoms in total. The summed E-state index contributed by atoms with van der Waals surface area (Å²) in [7, 11) is 0. The van der Waals surface area contributed by atoms with Crippen LogP contribution in [0.1, 0.15) is 92.9 Å². The normalized spacial score (nSPS) is 17.2. The van der Waals surface area contributed by atoms with Crippen molar-refractivity contribution in [3.63, 3.8) is 0 Å². The number of hydrogen-bond donors (Lipinski definition) is 0. The Kier molecular flexibility index (Phi) is 12.2. The SMILES string of the molecule is CCCCC1=[C]([Zr+2][C]2=C(CCCC)CC(C)=C2C)C(C)=C(C)C1.[Cl-].[Cl-]. The van der Waals surface area contributed by atoms with Crippen molar-refractivity contribution in [3.8, 4) is 0 Å². The average Bonchev–Trinajstić information content (AvgIpc) is 2.95. The molecule has 0 amide bonds. The molecule has 0 aromatic heterocycles. The van der Waals surface area contributed by atoms with Crippen molar-refractivity contribution < 1.29 is 48.0 Å².